The van der Waals surface area contributed by atoms with E-state index in [9.17, 15) is 13.2 Å². The maximum Gasteiger partial charge on any atom is 0.253 e. The van der Waals surface area contributed by atoms with Crippen LogP contribution in [0, 0.1) is 12.8 Å². The van der Waals surface area contributed by atoms with E-state index in [1.807, 2.05) is 36.1 Å². The van der Waals surface area contributed by atoms with Crippen LogP contribution < -0.4 is 4.72 Å². The summed E-state index contributed by atoms with van der Waals surface area (Å²) in [6, 6.07) is 14.0. The second kappa shape index (κ2) is 8.23. The number of carbonyl (C=O) groups excluding carboxylic acids is 1. The van der Waals surface area contributed by atoms with Crippen molar-refractivity contribution in [3.8, 4) is 0 Å². The first-order chi connectivity index (χ1) is 12.8. The fourth-order valence-corrected chi connectivity index (χ4v) is 4.34. The standard InChI is InChI=1S/C21H26N2O3S/c1-16-9-11-23(12-10-16)21(24)19-7-4-8-20(14-19)27(25,26)22-15-18-6-3-5-17(2)13-18/h3-8,13-14,16,22H,9-12,15H2,1-2H3. The summed E-state index contributed by atoms with van der Waals surface area (Å²) in [6.07, 6.45) is 1.98. The predicted molar refractivity (Wildman–Crippen MR) is 106 cm³/mol. The van der Waals surface area contributed by atoms with E-state index in [1.165, 1.54) is 12.1 Å². The van der Waals surface area contributed by atoms with Gasteiger partial charge in [-0.05, 0) is 49.4 Å². The van der Waals surface area contributed by atoms with Gasteiger partial charge >= 0.3 is 0 Å². The number of carbonyl (C=O) groups is 1. The van der Waals surface area contributed by atoms with E-state index in [0.29, 0.717) is 11.5 Å². The molecule has 0 unspecified atom stereocenters. The van der Waals surface area contributed by atoms with Crippen molar-refractivity contribution < 1.29 is 13.2 Å². The molecule has 5 nitrogen and oxygen atoms in total. The number of likely N-dealkylation sites (tertiary alicyclic amines) is 1. The molecule has 0 aliphatic carbocycles. The number of aryl methyl sites for hydroxylation is 1. The zero-order valence-corrected chi connectivity index (χ0v) is 16.6. The van der Waals surface area contributed by atoms with Gasteiger partial charge in [0.2, 0.25) is 10.0 Å². The lowest BCUT2D eigenvalue weighted by atomic mass is 9.98. The Bertz CT molecular complexity index is 917. The number of nitrogens with one attached hydrogen (secondary N) is 1. The van der Waals surface area contributed by atoms with Crippen LogP contribution >= 0.6 is 0 Å². The van der Waals surface area contributed by atoms with Crippen LogP contribution in [0.1, 0.15) is 41.3 Å². The number of nitrogens with zero attached hydrogens (tertiary/aromatic N) is 1. The SMILES string of the molecule is Cc1cccc(CNS(=O)(=O)c2cccc(C(=O)N3CCC(C)CC3)c2)c1. The van der Waals surface area contributed by atoms with Crippen molar-refractivity contribution in [3.63, 3.8) is 0 Å². The molecule has 1 saturated heterocycles. The molecule has 1 fully saturated rings. The topological polar surface area (TPSA) is 66.5 Å². The summed E-state index contributed by atoms with van der Waals surface area (Å²) in [6.45, 7) is 5.82. The summed E-state index contributed by atoms with van der Waals surface area (Å²) in [5, 5.41) is 0. The normalized spacial score (nSPS) is 15.7. The quantitative estimate of drug-likeness (QED) is 0.857. The van der Waals surface area contributed by atoms with Gasteiger partial charge in [-0.25, -0.2) is 13.1 Å². The lowest BCUT2D eigenvalue weighted by molar-refractivity contribution is 0.0697. The van der Waals surface area contributed by atoms with Crippen LogP contribution in [-0.4, -0.2) is 32.3 Å². The van der Waals surface area contributed by atoms with Crippen LogP contribution in [0.2, 0.25) is 0 Å². The van der Waals surface area contributed by atoms with Crippen LogP contribution in [0.15, 0.2) is 53.4 Å². The van der Waals surface area contributed by atoms with Gasteiger partial charge in [0.05, 0.1) is 4.90 Å². The molecule has 1 amide bonds. The monoisotopic (exact) mass is 386 g/mol. The van der Waals surface area contributed by atoms with E-state index < -0.39 is 10.0 Å². The average Bonchev–Trinajstić information content (AvgIpc) is 2.67. The average molecular weight is 387 g/mol. The molecule has 0 bridgehead atoms. The Morgan fingerprint density at radius 1 is 1.11 bits per heavy atom. The highest BCUT2D eigenvalue weighted by Crippen LogP contribution is 2.20. The molecule has 1 N–H and O–H groups in total. The Morgan fingerprint density at radius 3 is 2.52 bits per heavy atom. The first-order valence-corrected chi connectivity index (χ1v) is 10.8. The minimum Gasteiger partial charge on any atom is -0.339 e. The second-order valence-corrected chi connectivity index (χ2v) is 9.08. The van der Waals surface area contributed by atoms with E-state index >= 15 is 0 Å². The Balaban J connectivity index is 1.72. The van der Waals surface area contributed by atoms with Gasteiger partial charge < -0.3 is 4.90 Å². The van der Waals surface area contributed by atoms with Crippen molar-refractivity contribution >= 4 is 15.9 Å². The van der Waals surface area contributed by atoms with Gasteiger partial charge in [0.25, 0.3) is 5.91 Å². The van der Waals surface area contributed by atoms with Gasteiger partial charge in [-0.2, -0.15) is 0 Å². The lowest BCUT2D eigenvalue weighted by Crippen LogP contribution is -2.38. The summed E-state index contributed by atoms with van der Waals surface area (Å²) in [5.74, 6) is 0.532. The zero-order valence-electron chi connectivity index (χ0n) is 15.8. The van der Waals surface area contributed by atoms with Crippen molar-refractivity contribution in [1.82, 2.24) is 9.62 Å². The van der Waals surface area contributed by atoms with E-state index in [4.69, 9.17) is 0 Å². The first-order valence-electron chi connectivity index (χ1n) is 9.30. The van der Waals surface area contributed by atoms with E-state index in [1.54, 1.807) is 12.1 Å². The number of rotatable bonds is 5. The molecule has 0 radical (unpaired) electrons. The summed E-state index contributed by atoms with van der Waals surface area (Å²) in [4.78, 5) is 14.6. The van der Waals surface area contributed by atoms with Crippen LogP contribution in [0.25, 0.3) is 0 Å². The maximum absolute atomic E-state index is 12.7. The van der Waals surface area contributed by atoms with E-state index in [0.717, 1.165) is 37.1 Å². The highest BCUT2D eigenvalue weighted by molar-refractivity contribution is 7.89. The van der Waals surface area contributed by atoms with E-state index in [2.05, 4.69) is 11.6 Å². The third kappa shape index (κ3) is 4.96. The number of amides is 1. The van der Waals surface area contributed by atoms with E-state index in [-0.39, 0.29) is 17.3 Å². The van der Waals surface area contributed by atoms with Gasteiger partial charge in [-0.3, -0.25) is 4.79 Å². The first kappa shape index (κ1) is 19.6. The van der Waals surface area contributed by atoms with Gasteiger partial charge in [-0.15, -0.1) is 0 Å². The number of hydrogen-bond acceptors (Lipinski definition) is 3. The maximum atomic E-state index is 12.7. The van der Waals surface area contributed by atoms with Gasteiger partial charge in [-0.1, -0.05) is 42.8 Å². The summed E-state index contributed by atoms with van der Waals surface area (Å²) in [5.41, 5.74) is 2.39. The van der Waals surface area contributed by atoms with Gasteiger partial charge in [0, 0.05) is 25.2 Å². The molecule has 3 rings (SSSR count). The molecule has 1 aliphatic heterocycles. The molecule has 144 valence electrons. The molecular formula is C21H26N2O3S. The van der Waals surface area contributed by atoms with Crippen LogP contribution in [0.3, 0.4) is 0 Å². The molecular weight excluding hydrogens is 360 g/mol. The number of sulfonamides is 1. The van der Waals surface area contributed by atoms with Crippen LogP contribution in [0.4, 0.5) is 0 Å². The minimum absolute atomic E-state index is 0.0994. The number of hydrogen-bond donors (Lipinski definition) is 1. The third-order valence-electron chi connectivity index (χ3n) is 5.01. The van der Waals surface area contributed by atoms with Crippen LogP contribution in [-0.2, 0) is 16.6 Å². The highest BCUT2D eigenvalue weighted by atomic mass is 32.2. The Morgan fingerprint density at radius 2 is 1.81 bits per heavy atom. The second-order valence-electron chi connectivity index (χ2n) is 7.32. The molecule has 27 heavy (non-hydrogen) atoms. The molecule has 6 heteroatoms. The molecule has 0 atom stereocenters. The Hall–Kier alpha value is -2.18. The number of piperidine rings is 1. The van der Waals surface area contributed by atoms with Crippen LogP contribution in [0.5, 0.6) is 0 Å². The smallest absolute Gasteiger partial charge is 0.253 e. The molecule has 1 aliphatic rings. The highest BCUT2D eigenvalue weighted by Gasteiger charge is 2.23. The zero-order chi connectivity index (χ0) is 19.4. The van der Waals surface area contributed by atoms with Crippen molar-refractivity contribution in [3.05, 3.63) is 65.2 Å². The molecule has 0 aromatic heterocycles. The van der Waals surface area contributed by atoms with Gasteiger partial charge in [0.1, 0.15) is 0 Å². The van der Waals surface area contributed by atoms with Crippen molar-refractivity contribution in [2.24, 2.45) is 5.92 Å². The van der Waals surface area contributed by atoms with Crippen molar-refractivity contribution in [1.29, 1.82) is 0 Å². The largest absolute Gasteiger partial charge is 0.339 e. The minimum atomic E-state index is -3.69. The van der Waals surface area contributed by atoms with Crippen molar-refractivity contribution in [2.45, 2.75) is 38.1 Å². The number of benzene rings is 2. The summed E-state index contributed by atoms with van der Waals surface area (Å²) < 4.78 is 27.9. The summed E-state index contributed by atoms with van der Waals surface area (Å²) >= 11 is 0. The summed E-state index contributed by atoms with van der Waals surface area (Å²) in [7, 11) is -3.69. The molecule has 1 heterocycles. The Labute approximate surface area is 161 Å². The molecule has 0 spiro atoms. The molecule has 2 aromatic rings. The van der Waals surface area contributed by atoms with Crippen molar-refractivity contribution in [2.75, 3.05) is 13.1 Å². The third-order valence-corrected chi connectivity index (χ3v) is 6.41. The Kier molecular flexibility index (Phi) is 5.97. The van der Waals surface area contributed by atoms with Gasteiger partial charge in [0.15, 0.2) is 0 Å². The molecule has 0 saturated carbocycles. The fraction of sp³-hybridized carbons (Fsp3) is 0.381. The lowest BCUT2D eigenvalue weighted by Gasteiger charge is -2.30. The predicted octanol–water partition coefficient (Wildman–Crippen LogP) is 3.35. The fourth-order valence-electron chi connectivity index (χ4n) is 3.27. The molecule has 2 aromatic carbocycles.